The zero-order chi connectivity index (χ0) is 24.7. The lowest BCUT2D eigenvalue weighted by Crippen LogP contribution is -2.46. The Bertz CT molecular complexity index is 519. The van der Waals surface area contributed by atoms with Crippen LogP contribution in [0, 0.1) is 0 Å². The Kier molecular flexibility index (Phi) is 14.9. The topological polar surface area (TPSA) is 101 Å². The molecule has 1 aliphatic rings. The molecular weight excluding hydrogens is 468 g/mol. The molecule has 33 heavy (non-hydrogen) atoms. The Morgan fingerprint density at radius 3 is 1.73 bits per heavy atom. The summed E-state index contributed by atoms with van der Waals surface area (Å²) in [6, 6.07) is 1.23. The lowest BCUT2D eigenvalue weighted by atomic mass is 10.3. The highest BCUT2D eigenvalue weighted by atomic mass is 28.4. The number of hydrogen-bond acceptors (Lipinski definition) is 9. The minimum absolute atomic E-state index is 0.0282. The molecule has 0 aromatic carbocycles. The molecule has 1 saturated heterocycles. The van der Waals surface area contributed by atoms with Gasteiger partial charge in [-0.25, -0.2) is 4.79 Å². The van der Waals surface area contributed by atoms with Gasteiger partial charge in [-0.15, -0.1) is 0 Å². The fourth-order valence-electron chi connectivity index (χ4n) is 3.51. The highest BCUT2D eigenvalue weighted by Gasteiger charge is 2.38. The van der Waals surface area contributed by atoms with Crippen molar-refractivity contribution in [2.24, 2.45) is 0 Å². The number of rotatable bonds is 20. The van der Waals surface area contributed by atoms with E-state index in [1.165, 1.54) is 0 Å². The van der Waals surface area contributed by atoms with Crippen LogP contribution in [0.2, 0.25) is 12.1 Å². The molecule has 0 aromatic heterocycles. The van der Waals surface area contributed by atoms with E-state index in [2.05, 4.69) is 0 Å². The maximum absolute atomic E-state index is 13.2. The molecule has 1 aliphatic heterocycles. The summed E-state index contributed by atoms with van der Waals surface area (Å²) in [5.41, 5.74) is 0. The van der Waals surface area contributed by atoms with E-state index < -0.39 is 17.6 Å². The smallest absolute Gasteiger partial charge is 0.379 e. The third-order valence-electron chi connectivity index (χ3n) is 5.77. The molecule has 1 unspecified atom stereocenters. The van der Waals surface area contributed by atoms with Gasteiger partial charge in [-0.2, -0.15) is 0 Å². The second-order valence-electron chi connectivity index (χ2n) is 7.87. The van der Waals surface area contributed by atoms with Crippen LogP contribution in [-0.2, 0) is 36.0 Å². The zero-order valence-corrected chi connectivity index (χ0v) is 23.4. The van der Waals surface area contributed by atoms with Crippen molar-refractivity contribution in [1.29, 1.82) is 0 Å². The van der Waals surface area contributed by atoms with E-state index in [9.17, 15) is 4.79 Å². The molecule has 1 fully saturated rings. The van der Waals surface area contributed by atoms with Gasteiger partial charge >= 0.3 is 23.6 Å². The normalized spacial score (nSPS) is 16.2. The van der Waals surface area contributed by atoms with Crippen molar-refractivity contribution >= 4 is 23.6 Å². The van der Waals surface area contributed by atoms with Crippen molar-refractivity contribution in [3.63, 3.8) is 0 Å². The fraction of sp³-hybridized carbons (Fsp3) is 0.950. The SMILES string of the molecule is CO[Si](CCCN(C)C(=O)N(CCCOCC1CO1)CCC[Si](OC)(OC)OC)(OC)OC. The van der Waals surface area contributed by atoms with Crippen molar-refractivity contribution in [2.45, 2.75) is 37.5 Å². The Labute approximate surface area is 201 Å². The molecule has 0 aliphatic carbocycles. The first-order chi connectivity index (χ1) is 15.8. The van der Waals surface area contributed by atoms with E-state index in [1.807, 2.05) is 11.9 Å². The van der Waals surface area contributed by atoms with Gasteiger partial charge in [0, 0.05) is 88.0 Å². The van der Waals surface area contributed by atoms with E-state index in [-0.39, 0.29) is 12.1 Å². The molecule has 1 rings (SSSR count). The standard InChI is InChI=1S/C20H44N2O9Si2/c1-21(11-9-15-32(24-2,25-3)26-4)20(23)22(12-8-14-30-17-19-18-31-19)13-10-16-33(27-5,28-6)29-7/h19H,8-18H2,1-7H3. The molecule has 1 heterocycles. The van der Waals surface area contributed by atoms with Gasteiger partial charge in [0.25, 0.3) is 0 Å². The Balaban J connectivity index is 2.59. The average Bonchev–Trinajstić information content (AvgIpc) is 3.67. The van der Waals surface area contributed by atoms with Gasteiger partial charge in [0.2, 0.25) is 0 Å². The molecule has 0 bridgehead atoms. The summed E-state index contributed by atoms with van der Waals surface area (Å²) < 4.78 is 43.7. The van der Waals surface area contributed by atoms with Gasteiger partial charge in [0.1, 0.15) is 6.10 Å². The Morgan fingerprint density at radius 1 is 0.818 bits per heavy atom. The molecular formula is C20H44N2O9Si2. The zero-order valence-electron chi connectivity index (χ0n) is 21.4. The largest absolute Gasteiger partial charge is 0.500 e. The van der Waals surface area contributed by atoms with Crippen molar-refractivity contribution in [3.8, 4) is 0 Å². The van der Waals surface area contributed by atoms with E-state index in [4.69, 9.17) is 36.0 Å². The average molecular weight is 513 g/mol. The summed E-state index contributed by atoms with van der Waals surface area (Å²) in [5.74, 6) is 0. The molecule has 1 atom stereocenters. The van der Waals surface area contributed by atoms with Crippen LogP contribution in [0.3, 0.4) is 0 Å². The lowest BCUT2D eigenvalue weighted by Gasteiger charge is -2.30. The van der Waals surface area contributed by atoms with Crippen molar-refractivity contribution in [3.05, 3.63) is 0 Å². The maximum Gasteiger partial charge on any atom is 0.500 e. The first kappa shape index (κ1) is 30.4. The third kappa shape index (κ3) is 10.7. The molecule has 2 amide bonds. The number of ether oxygens (including phenoxy) is 2. The number of carbonyl (C=O) groups excluding carboxylic acids is 1. The van der Waals surface area contributed by atoms with Gasteiger partial charge in [0.15, 0.2) is 0 Å². The highest BCUT2D eigenvalue weighted by Crippen LogP contribution is 2.18. The Hall–Kier alpha value is -0.616. The number of carbonyl (C=O) groups is 1. The first-order valence-electron chi connectivity index (χ1n) is 11.3. The summed E-state index contributed by atoms with van der Waals surface area (Å²) in [6.07, 6.45) is 2.42. The molecule has 0 radical (unpaired) electrons. The summed E-state index contributed by atoms with van der Waals surface area (Å²) in [7, 11) is 6.06. The number of amides is 2. The number of hydrogen-bond donors (Lipinski definition) is 0. The summed E-state index contributed by atoms with van der Waals surface area (Å²) in [4.78, 5) is 16.8. The van der Waals surface area contributed by atoms with Crippen LogP contribution in [0.15, 0.2) is 0 Å². The monoisotopic (exact) mass is 512 g/mol. The van der Waals surface area contributed by atoms with Gasteiger partial charge in [-0.1, -0.05) is 0 Å². The van der Waals surface area contributed by atoms with Crippen LogP contribution in [0.4, 0.5) is 4.79 Å². The van der Waals surface area contributed by atoms with Gasteiger partial charge < -0.3 is 45.8 Å². The molecule has 0 saturated carbocycles. The van der Waals surface area contributed by atoms with Gasteiger partial charge in [-0.05, 0) is 19.3 Å². The highest BCUT2D eigenvalue weighted by molar-refractivity contribution is 6.60. The quantitative estimate of drug-likeness (QED) is 0.137. The minimum Gasteiger partial charge on any atom is -0.379 e. The fourth-order valence-corrected chi connectivity index (χ4v) is 6.92. The molecule has 11 nitrogen and oxygen atoms in total. The minimum atomic E-state index is -2.68. The number of epoxide rings is 1. The van der Waals surface area contributed by atoms with E-state index in [1.54, 1.807) is 47.6 Å². The summed E-state index contributed by atoms with van der Waals surface area (Å²) >= 11 is 0. The van der Waals surface area contributed by atoms with Crippen LogP contribution in [0.25, 0.3) is 0 Å². The van der Waals surface area contributed by atoms with E-state index >= 15 is 0 Å². The number of urea groups is 1. The lowest BCUT2D eigenvalue weighted by molar-refractivity contribution is 0.102. The first-order valence-corrected chi connectivity index (χ1v) is 15.2. The Morgan fingerprint density at radius 2 is 1.27 bits per heavy atom. The number of nitrogens with zero attached hydrogens (tertiary/aromatic N) is 2. The van der Waals surface area contributed by atoms with Gasteiger partial charge in [-0.3, -0.25) is 0 Å². The van der Waals surface area contributed by atoms with E-state index in [0.29, 0.717) is 51.4 Å². The molecule has 0 spiro atoms. The maximum atomic E-state index is 13.2. The predicted octanol–water partition coefficient (Wildman–Crippen LogP) is 1.68. The van der Waals surface area contributed by atoms with Crippen LogP contribution in [0.1, 0.15) is 19.3 Å². The third-order valence-corrected chi connectivity index (χ3v) is 11.4. The van der Waals surface area contributed by atoms with Crippen LogP contribution in [-0.4, -0.2) is 129 Å². The van der Waals surface area contributed by atoms with Crippen molar-refractivity contribution in [1.82, 2.24) is 9.80 Å². The summed E-state index contributed by atoms with van der Waals surface area (Å²) in [5, 5.41) is 0. The van der Waals surface area contributed by atoms with Crippen LogP contribution < -0.4 is 0 Å². The van der Waals surface area contributed by atoms with E-state index in [0.717, 1.165) is 19.4 Å². The molecule has 0 N–H and O–H groups in total. The van der Waals surface area contributed by atoms with Crippen LogP contribution >= 0.6 is 0 Å². The predicted molar refractivity (Wildman–Crippen MR) is 127 cm³/mol. The molecule has 13 heteroatoms. The molecule has 0 aromatic rings. The van der Waals surface area contributed by atoms with Crippen molar-refractivity contribution in [2.75, 3.05) is 89.2 Å². The summed E-state index contributed by atoms with van der Waals surface area (Å²) in [6.45, 7) is 3.72. The van der Waals surface area contributed by atoms with Crippen LogP contribution in [0.5, 0.6) is 0 Å². The molecule has 196 valence electrons. The van der Waals surface area contributed by atoms with Crippen molar-refractivity contribution < 1.29 is 40.8 Å². The second-order valence-corrected chi connectivity index (χ2v) is 14.1. The second kappa shape index (κ2) is 16.1. The van der Waals surface area contributed by atoms with Gasteiger partial charge in [0.05, 0.1) is 13.2 Å².